The van der Waals surface area contributed by atoms with E-state index in [2.05, 4.69) is 21.2 Å². The highest BCUT2D eigenvalue weighted by Crippen LogP contribution is 2.24. The number of nitrogens with one attached hydrogen (secondary N) is 1. The maximum absolute atomic E-state index is 12.2. The average Bonchev–Trinajstić information content (AvgIpc) is 2.51. The van der Waals surface area contributed by atoms with Gasteiger partial charge in [-0.2, -0.15) is 0 Å². The number of hydrogen-bond donors (Lipinski definition) is 1. The van der Waals surface area contributed by atoms with E-state index in [0.717, 1.165) is 11.1 Å². The summed E-state index contributed by atoms with van der Waals surface area (Å²) < 4.78 is 0.495. The maximum Gasteiger partial charge on any atom is 0.265 e. The lowest BCUT2D eigenvalue weighted by Gasteiger charge is -2.10. The van der Waals surface area contributed by atoms with Crippen molar-refractivity contribution in [3.63, 3.8) is 0 Å². The molecule has 0 atom stereocenters. The van der Waals surface area contributed by atoms with Crippen molar-refractivity contribution < 1.29 is 14.5 Å². The normalized spacial score (nSPS) is 10.2. The fourth-order valence-electron chi connectivity index (χ4n) is 2.17. The van der Waals surface area contributed by atoms with Gasteiger partial charge in [0.25, 0.3) is 6.54 Å². The topological polar surface area (TPSA) is 89.3 Å². The molecule has 0 bridgehead atoms. The van der Waals surface area contributed by atoms with E-state index < -0.39 is 17.3 Å². The van der Waals surface area contributed by atoms with Gasteiger partial charge in [0.15, 0.2) is 0 Å². The quantitative estimate of drug-likeness (QED) is 0.464. The number of aryl methyl sites for hydroxylation is 1. The van der Waals surface area contributed by atoms with Crippen LogP contribution in [0.1, 0.15) is 21.5 Å². The van der Waals surface area contributed by atoms with Gasteiger partial charge in [-0.05, 0) is 52.2 Å². The molecule has 7 heteroatoms. The van der Waals surface area contributed by atoms with Crippen molar-refractivity contribution >= 4 is 33.3 Å². The number of halogens is 1. The van der Waals surface area contributed by atoms with Crippen molar-refractivity contribution in [1.82, 2.24) is 0 Å². The van der Waals surface area contributed by atoms with Crippen LogP contribution < -0.4 is 5.32 Å². The highest BCUT2D eigenvalue weighted by molar-refractivity contribution is 9.10. The number of rotatable bonds is 6. The van der Waals surface area contributed by atoms with Crippen molar-refractivity contribution in [2.75, 3.05) is 11.9 Å². The Hall–Kier alpha value is -2.54. The summed E-state index contributed by atoms with van der Waals surface area (Å²) in [6.45, 7) is 1.18. The SMILES string of the molecule is Cc1ccccc1CC(=O)Nc1ccc(C(=O)C[N+](=O)[O-])cc1Br. The molecule has 0 radical (unpaired) electrons. The Morgan fingerprint density at radius 2 is 1.92 bits per heavy atom. The van der Waals surface area contributed by atoms with Crippen LogP contribution in [0.3, 0.4) is 0 Å². The van der Waals surface area contributed by atoms with Crippen LogP contribution >= 0.6 is 15.9 Å². The molecule has 2 aromatic carbocycles. The number of benzene rings is 2. The monoisotopic (exact) mass is 390 g/mol. The summed E-state index contributed by atoms with van der Waals surface area (Å²) >= 11 is 3.27. The van der Waals surface area contributed by atoms with E-state index in [1.54, 1.807) is 6.07 Å². The van der Waals surface area contributed by atoms with Gasteiger partial charge in [-0.1, -0.05) is 24.3 Å². The van der Waals surface area contributed by atoms with Gasteiger partial charge in [0.2, 0.25) is 11.7 Å². The molecule has 0 saturated carbocycles. The second-order valence-electron chi connectivity index (χ2n) is 5.26. The predicted octanol–water partition coefficient (Wildman–Crippen LogP) is 3.40. The Labute approximate surface area is 147 Å². The maximum atomic E-state index is 12.2. The first kappa shape index (κ1) is 17.8. The Bertz CT molecular complexity index is 805. The first-order valence-corrected chi connectivity index (χ1v) is 7.95. The van der Waals surface area contributed by atoms with Gasteiger partial charge in [0.05, 0.1) is 12.1 Å². The first-order valence-electron chi connectivity index (χ1n) is 7.15. The van der Waals surface area contributed by atoms with Crippen LogP contribution in [0.15, 0.2) is 46.9 Å². The van der Waals surface area contributed by atoms with Crippen molar-refractivity contribution in [3.8, 4) is 0 Å². The predicted molar refractivity (Wildman–Crippen MR) is 93.8 cm³/mol. The van der Waals surface area contributed by atoms with E-state index in [9.17, 15) is 19.7 Å². The van der Waals surface area contributed by atoms with Crippen LogP contribution in [0.2, 0.25) is 0 Å². The zero-order chi connectivity index (χ0) is 17.7. The number of Topliss-reactive ketones (excluding diaryl/α,β-unsaturated/α-hetero) is 1. The van der Waals surface area contributed by atoms with Gasteiger partial charge < -0.3 is 5.32 Å². The van der Waals surface area contributed by atoms with E-state index in [4.69, 9.17) is 0 Å². The third-order valence-electron chi connectivity index (χ3n) is 3.45. The molecule has 24 heavy (non-hydrogen) atoms. The third-order valence-corrected chi connectivity index (χ3v) is 4.11. The minimum Gasteiger partial charge on any atom is -0.325 e. The van der Waals surface area contributed by atoms with Gasteiger partial charge >= 0.3 is 0 Å². The summed E-state index contributed by atoms with van der Waals surface area (Å²) in [7, 11) is 0. The molecular weight excluding hydrogens is 376 g/mol. The van der Waals surface area contributed by atoms with Gasteiger partial charge in [-0.15, -0.1) is 0 Å². The molecule has 0 aliphatic rings. The number of amides is 1. The molecule has 2 rings (SSSR count). The number of ketones is 1. The van der Waals surface area contributed by atoms with Gasteiger partial charge in [-0.25, -0.2) is 0 Å². The minimum absolute atomic E-state index is 0.186. The summed E-state index contributed by atoms with van der Waals surface area (Å²) in [5.41, 5.74) is 2.69. The number of nitro groups is 1. The lowest BCUT2D eigenvalue weighted by molar-refractivity contribution is -0.465. The molecule has 0 aliphatic carbocycles. The second kappa shape index (κ2) is 7.83. The molecule has 0 saturated heterocycles. The Kier molecular flexibility index (Phi) is 5.81. The fraction of sp³-hybridized carbons (Fsp3) is 0.176. The molecule has 0 heterocycles. The fourth-order valence-corrected chi connectivity index (χ4v) is 2.65. The zero-order valence-electron chi connectivity index (χ0n) is 12.9. The van der Waals surface area contributed by atoms with Crippen molar-refractivity contribution in [1.29, 1.82) is 0 Å². The van der Waals surface area contributed by atoms with Crippen molar-refractivity contribution in [2.24, 2.45) is 0 Å². The van der Waals surface area contributed by atoms with Crippen LogP contribution in [0.4, 0.5) is 5.69 Å². The van der Waals surface area contributed by atoms with E-state index in [1.165, 1.54) is 12.1 Å². The molecule has 1 amide bonds. The Morgan fingerprint density at radius 1 is 1.21 bits per heavy atom. The molecule has 0 aliphatic heterocycles. The highest BCUT2D eigenvalue weighted by atomic mass is 79.9. The molecule has 0 fully saturated rings. The lowest BCUT2D eigenvalue weighted by atomic mass is 10.1. The van der Waals surface area contributed by atoms with E-state index in [-0.39, 0.29) is 17.9 Å². The molecule has 0 unspecified atom stereocenters. The van der Waals surface area contributed by atoms with Crippen LogP contribution in [0, 0.1) is 17.0 Å². The number of hydrogen-bond acceptors (Lipinski definition) is 4. The standard InChI is InChI=1S/C17H15BrN2O4/c1-11-4-2-3-5-12(11)9-17(22)19-15-7-6-13(8-14(15)18)16(21)10-20(23)24/h2-8H,9-10H2,1H3,(H,19,22). The average molecular weight is 391 g/mol. The van der Waals surface area contributed by atoms with E-state index >= 15 is 0 Å². The molecule has 124 valence electrons. The molecule has 0 spiro atoms. The lowest BCUT2D eigenvalue weighted by Crippen LogP contribution is -2.16. The summed E-state index contributed by atoms with van der Waals surface area (Å²) in [4.78, 5) is 33.6. The smallest absolute Gasteiger partial charge is 0.265 e. The summed E-state index contributed by atoms with van der Waals surface area (Å²) in [6.07, 6.45) is 0.237. The summed E-state index contributed by atoms with van der Waals surface area (Å²) in [5.74, 6) is -0.771. The summed E-state index contributed by atoms with van der Waals surface area (Å²) in [6, 6.07) is 12.1. The Morgan fingerprint density at radius 3 is 2.54 bits per heavy atom. The van der Waals surface area contributed by atoms with Gasteiger partial charge in [0.1, 0.15) is 0 Å². The third kappa shape index (κ3) is 4.73. The molecule has 1 N–H and O–H groups in total. The largest absolute Gasteiger partial charge is 0.325 e. The minimum atomic E-state index is -0.759. The number of carbonyl (C=O) groups is 2. The van der Waals surface area contributed by atoms with Gasteiger partial charge in [0, 0.05) is 15.0 Å². The number of anilines is 1. The van der Waals surface area contributed by atoms with Crippen LogP contribution in [-0.4, -0.2) is 23.2 Å². The highest BCUT2D eigenvalue weighted by Gasteiger charge is 2.15. The number of nitrogens with zero attached hydrogens (tertiary/aromatic N) is 1. The van der Waals surface area contributed by atoms with E-state index in [0.29, 0.717) is 10.2 Å². The van der Waals surface area contributed by atoms with Crippen LogP contribution in [0.25, 0.3) is 0 Å². The molecular formula is C17H15BrN2O4. The number of carbonyl (C=O) groups excluding carboxylic acids is 2. The molecule has 2 aromatic rings. The second-order valence-corrected chi connectivity index (χ2v) is 6.11. The van der Waals surface area contributed by atoms with Crippen molar-refractivity contribution in [2.45, 2.75) is 13.3 Å². The van der Waals surface area contributed by atoms with Gasteiger partial charge in [-0.3, -0.25) is 19.7 Å². The van der Waals surface area contributed by atoms with Crippen LogP contribution in [0.5, 0.6) is 0 Å². The zero-order valence-corrected chi connectivity index (χ0v) is 14.5. The van der Waals surface area contributed by atoms with Crippen LogP contribution in [-0.2, 0) is 11.2 Å². The first-order chi connectivity index (χ1) is 11.4. The molecule has 6 nitrogen and oxygen atoms in total. The Balaban J connectivity index is 2.07. The van der Waals surface area contributed by atoms with E-state index in [1.807, 2.05) is 31.2 Å². The van der Waals surface area contributed by atoms with Crippen molar-refractivity contribution in [3.05, 3.63) is 73.7 Å². The summed E-state index contributed by atoms with van der Waals surface area (Å²) in [5, 5.41) is 13.2. The molecule has 0 aromatic heterocycles.